The fourth-order valence-corrected chi connectivity index (χ4v) is 9.00. The highest BCUT2D eigenvalue weighted by Gasteiger charge is 2.28. The van der Waals surface area contributed by atoms with Gasteiger partial charge in [0.1, 0.15) is 12.2 Å². The second-order valence-electron chi connectivity index (χ2n) is 19.3. The van der Waals surface area contributed by atoms with Crippen molar-refractivity contribution in [3.8, 4) is 0 Å². The molecule has 1 amide bonds. The Hall–Kier alpha value is -0.690. The molecule has 0 bridgehead atoms. The van der Waals surface area contributed by atoms with Crippen molar-refractivity contribution in [1.82, 2.24) is 5.32 Å². The summed E-state index contributed by atoms with van der Waals surface area (Å²) >= 11 is 0. The average molecular weight is 852 g/mol. The van der Waals surface area contributed by atoms with Crippen LogP contribution >= 0.6 is 0 Å². The molecule has 0 saturated heterocycles. The Morgan fingerprint density at radius 1 is 0.350 bits per heavy atom. The monoisotopic (exact) mass is 852 g/mol. The first-order chi connectivity index (χ1) is 29.5. The molecule has 0 saturated carbocycles. The SMILES string of the molecule is CCCCCCCCCCCCCCCCCCCCCCCCCCCCCCCC(O)C(O)C(CO)NC(=O)C(O)CCCCCCCCCCCCCCCCC. The number of carbonyl (C=O) groups is 1. The van der Waals surface area contributed by atoms with Crippen molar-refractivity contribution >= 4 is 5.91 Å². The number of carbonyl (C=O) groups excluding carboxylic acids is 1. The Kier molecular flexibility index (Phi) is 48.8. The van der Waals surface area contributed by atoms with Crippen LogP contribution in [0, 0.1) is 0 Å². The van der Waals surface area contributed by atoms with E-state index in [1.807, 2.05) is 0 Å². The zero-order chi connectivity index (χ0) is 43.8. The summed E-state index contributed by atoms with van der Waals surface area (Å²) < 4.78 is 0. The summed E-state index contributed by atoms with van der Waals surface area (Å²) in [5, 5.41) is 43.9. The molecule has 0 aliphatic carbocycles. The van der Waals surface area contributed by atoms with E-state index in [0.29, 0.717) is 12.8 Å². The number of amides is 1. The summed E-state index contributed by atoms with van der Waals surface area (Å²) in [5.41, 5.74) is 0. The van der Waals surface area contributed by atoms with E-state index in [1.165, 1.54) is 244 Å². The summed E-state index contributed by atoms with van der Waals surface area (Å²) in [7, 11) is 0. The lowest BCUT2D eigenvalue weighted by Crippen LogP contribution is -2.53. The molecule has 5 N–H and O–H groups in total. The quantitative estimate of drug-likeness (QED) is 0.0392. The van der Waals surface area contributed by atoms with Gasteiger partial charge in [0.05, 0.1) is 18.8 Å². The Labute approximate surface area is 375 Å². The summed E-state index contributed by atoms with van der Waals surface area (Å²) in [6.07, 6.45) is 56.0. The fraction of sp³-hybridized carbons (Fsp3) is 0.981. The maximum Gasteiger partial charge on any atom is 0.249 e. The summed E-state index contributed by atoms with van der Waals surface area (Å²) in [6.45, 7) is 4.09. The molecule has 4 atom stereocenters. The van der Waals surface area contributed by atoms with Crippen molar-refractivity contribution in [1.29, 1.82) is 0 Å². The van der Waals surface area contributed by atoms with Crippen molar-refractivity contribution in [2.75, 3.05) is 6.61 Å². The molecular formula is C54H109NO5. The van der Waals surface area contributed by atoms with Gasteiger partial charge in [-0.1, -0.05) is 296 Å². The summed E-state index contributed by atoms with van der Waals surface area (Å²) in [4.78, 5) is 12.5. The molecule has 0 aliphatic heterocycles. The van der Waals surface area contributed by atoms with Crippen LogP contribution in [0.5, 0.6) is 0 Å². The van der Waals surface area contributed by atoms with Crippen LogP contribution in [0.1, 0.15) is 309 Å². The smallest absolute Gasteiger partial charge is 0.249 e. The minimum atomic E-state index is -1.25. The first-order valence-corrected chi connectivity index (χ1v) is 27.4. The van der Waals surface area contributed by atoms with Crippen molar-refractivity contribution in [3.63, 3.8) is 0 Å². The number of unbranched alkanes of at least 4 members (excludes halogenated alkanes) is 42. The predicted molar refractivity (Wildman–Crippen MR) is 261 cm³/mol. The maximum absolute atomic E-state index is 12.5. The van der Waals surface area contributed by atoms with Crippen molar-refractivity contribution in [3.05, 3.63) is 0 Å². The van der Waals surface area contributed by atoms with Crippen LogP contribution in [0.4, 0.5) is 0 Å². The van der Waals surface area contributed by atoms with E-state index in [4.69, 9.17) is 0 Å². The normalized spacial score (nSPS) is 13.8. The topological polar surface area (TPSA) is 110 Å². The summed E-state index contributed by atoms with van der Waals surface area (Å²) in [5.74, 6) is -0.577. The van der Waals surface area contributed by atoms with Crippen molar-refractivity contribution in [2.45, 2.75) is 334 Å². The van der Waals surface area contributed by atoms with Gasteiger partial charge in [-0.2, -0.15) is 0 Å². The average Bonchev–Trinajstić information content (AvgIpc) is 3.25. The molecule has 0 aromatic rings. The van der Waals surface area contributed by atoms with E-state index in [0.717, 1.165) is 38.5 Å². The Morgan fingerprint density at radius 3 is 0.800 bits per heavy atom. The first kappa shape index (κ1) is 59.3. The number of rotatable bonds is 51. The van der Waals surface area contributed by atoms with E-state index in [2.05, 4.69) is 19.2 Å². The molecule has 360 valence electrons. The largest absolute Gasteiger partial charge is 0.394 e. The number of hydrogen-bond donors (Lipinski definition) is 5. The van der Waals surface area contributed by atoms with Gasteiger partial charge in [-0.3, -0.25) is 4.79 Å². The molecule has 0 aromatic heterocycles. The van der Waals surface area contributed by atoms with E-state index in [9.17, 15) is 25.2 Å². The second-order valence-corrected chi connectivity index (χ2v) is 19.3. The molecule has 0 aromatic carbocycles. The van der Waals surface area contributed by atoms with Crippen LogP contribution in [-0.2, 0) is 4.79 Å². The van der Waals surface area contributed by atoms with Crippen LogP contribution in [0.2, 0.25) is 0 Å². The van der Waals surface area contributed by atoms with Crippen molar-refractivity contribution < 1.29 is 25.2 Å². The first-order valence-electron chi connectivity index (χ1n) is 27.4. The third-order valence-corrected chi connectivity index (χ3v) is 13.3. The second kappa shape index (κ2) is 49.3. The highest BCUT2D eigenvalue weighted by Crippen LogP contribution is 2.19. The van der Waals surface area contributed by atoms with Gasteiger partial charge in [0.2, 0.25) is 5.91 Å². The summed E-state index contributed by atoms with van der Waals surface area (Å²) in [6, 6.07) is -0.980. The lowest BCUT2D eigenvalue weighted by atomic mass is 9.99. The third-order valence-electron chi connectivity index (χ3n) is 13.3. The minimum absolute atomic E-state index is 0.376. The Bertz CT molecular complexity index is 826. The van der Waals surface area contributed by atoms with Crippen molar-refractivity contribution in [2.24, 2.45) is 0 Å². The highest BCUT2D eigenvalue weighted by molar-refractivity contribution is 5.80. The van der Waals surface area contributed by atoms with E-state index >= 15 is 0 Å². The van der Waals surface area contributed by atoms with E-state index < -0.39 is 36.9 Å². The molecule has 60 heavy (non-hydrogen) atoms. The number of hydrogen-bond acceptors (Lipinski definition) is 5. The van der Waals surface area contributed by atoms with Gasteiger partial charge in [0.25, 0.3) is 0 Å². The standard InChI is InChI=1S/C54H109NO5/c1-3-5-7-9-11-13-15-17-19-20-21-22-23-24-25-26-27-28-29-30-31-32-34-35-37-39-41-43-45-47-51(57)53(59)50(49-56)55-54(60)52(58)48-46-44-42-40-38-36-33-18-16-14-12-10-8-6-4-2/h50-53,56-59H,3-49H2,1-2H3,(H,55,60). The lowest BCUT2D eigenvalue weighted by molar-refractivity contribution is -0.132. The Morgan fingerprint density at radius 2 is 0.567 bits per heavy atom. The number of aliphatic hydroxyl groups is 4. The molecule has 4 unspecified atom stereocenters. The van der Waals surface area contributed by atoms with Crippen LogP contribution in [-0.4, -0.2) is 57.3 Å². The van der Waals surface area contributed by atoms with Crippen LogP contribution in [0.15, 0.2) is 0 Å². The van der Waals surface area contributed by atoms with Gasteiger partial charge in [-0.05, 0) is 12.8 Å². The molecule has 0 heterocycles. The predicted octanol–water partition coefficient (Wildman–Crippen LogP) is 15.5. The lowest BCUT2D eigenvalue weighted by Gasteiger charge is -2.27. The molecule has 0 spiro atoms. The zero-order valence-electron chi connectivity index (χ0n) is 40.7. The van der Waals surface area contributed by atoms with Gasteiger partial charge in [-0.15, -0.1) is 0 Å². The van der Waals surface area contributed by atoms with Crippen LogP contribution < -0.4 is 5.32 Å². The molecule has 0 aliphatic rings. The molecule has 0 fully saturated rings. The fourth-order valence-electron chi connectivity index (χ4n) is 9.00. The van der Waals surface area contributed by atoms with Gasteiger partial charge in [0.15, 0.2) is 0 Å². The number of nitrogens with one attached hydrogen (secondary N) is 1. The molecule has 0 radical (unpaired) electrons. The third kappa shape index (κ3) is 42.6. The molecular weight excluding hydrogens is 743 g/mol. The van der Waals surface area contributed by atoms with E-state index in [-0.39, 0.29) is 0 Å². The van der Waals surface area contributed by atoms with Gasteiger partial charge in [-0.25, -0.2) is 0 Å². The van der Waals surface area contributed by atoms with E-state index in [1.54, 1.807) is 0 Å². The highest BCUT2D eigenvalue weighted by atomic mass is 16.3. The van der Waals surface area contributed by atoms with Crippen LogP contribution in [0.25, 0.3) is 0 Å². The van der Waals surface area contributed by atoms with Gasteiger partial charge < -0.3 is 25.7 Å². The molecule has 6 nitrogen and oxygen atoms in total. The Balaban J connectivity index is 3.55. The molecule has 0 rings (SSSR count). The van der Waals surface area contributed by atoms with Crippen LogP contribution in [0.3, 0.4) is 0 Å². The molecule has 6 heteroatoms. The number of aliphatic hydroxyl groups excluding tert-OH is 4. The zero-order valence-corrected chi connectivity index (χ0v) is 40.7. The minimum Gasteiger partial charge on any atom is -0.394 e. The van der Waals surface area contributed by atoms with Gasteiger partial charge >= 0.3 is 0 Å². The maximum atomic E-state index is 12.5. The van der Waals surface area contributed by atoms with Gasteiger partial charge in [0, 0.05) is 0 Å².